The van der Waals surface area contributed by atoms with Crippen molar-refractivity contribution in [2.24, 2.45) is 0 Å². The van der Waals surface area contributed by atoms with Gasteiger partial charge in [0.05, 0.1) is 6.16 Å². The van der Waals surface area contributed by atoms with Gasteiger partial charge >= 0.3 is 7.68 Å². The van der Waals surface area contributed by atoms with E-state index in [0.29, 0.717) is 6.42 Å². The summed E-state index contributed by atoms with van der Waals surface area (Å²) in [6.45, 7) is 2.27. The quantitative estimate of drug-likeness (QED) is 0.156. The minimum absolute atomic E-state index is 0.0856. The molecule has 0 rings (SSSR count). The maximum absolute atomic E-state index is 13.1. The first kappa shape index (κ1) is 25.1. The summed E-state index contributed by atoms with van der Waals surface area (Å²) < 4.78 is 28.5. The van der Waals surface area contributed by atoms with Gasteiger partial charge in [0.15, 0.2) is 0 Å². The van der Waals surface area contributed by atoms with Crippen LogP contribution in [0, 0.1) is 0 Å². The van der Waals surface area contributed by atoms with E-state index in [0.717, 1.165) is 12.8 Å². The maximum atomic E-state index is 13.1. The van der Waals surface area contributed by atoms with E-state index in [1.165, 1.54) is 103 Å². The second kappa shape index (κ2) is 18.9. The lowest BCUT2D eigenvalue weighted by atomic mass is 10.0. The van der Waals surface area contributed by atoms with Gasteiger partial charge < -0.3 is 4.52 Å². The van der Waals surface area contributed by atoms with Crippen molar-refractivity contribution >= 4 is 7.68 Å². The Balaban J connectivity index is 3.06. The second-order valence-electron chi connectivity index (χ2n) is 7.51. The van der Waals surface area contributed by atoms with Crippen LogP contribution in [-0.2, 0) is 9.09 Å². The Labute approximate surface area is 157 Å². The molecule has 0 saturated heterocycles. The van der Waals surface area contributed by atoms with Crippen LogP contribution in [0.1, 0.15) is 122 Å². The summed E-state index contributed by atoms with van der Waals surface area (Å²) in [6.07, 6.45) is 23.6. The Morgan fingerprint density at radius 1 is 0.600 bits per heavy atom. The van der Waals surface area contributed by atoms with E-state index >= 15 is 0 Å². The Bertz CT molecular complexity index is 310. The second-order valence-corrected chi connectivity index (χ2v) is 9.50. The van der Waals surface area contributed by atoms with E-state index in [1.54, 1.807) is 0 Å². The molecule has 0 heterocycles. The molecule has 1 atom stereocenters. The summed E-state index contributed by atoms with van der Waals surface area (Å²) in [4.78, 5) is 0. The van der Waals surface area contributed by atoms with Crippen LogP contribution < -0.4 is 0 Å². The van der Waals surface area contributed by atoms with Gasteiger partial charge in [0, 0.05) is 7.11 Å². The normalized spacial score (nSPS) is 13.9. The van der Waals surface area contributed by atoms with Gasteiger partial charge in [0.25, 0.3) is 0 Å². The van der Waals surface area contributed by atoms with Gasteiger partial charge in [-0.25, -0.2) is 0 Å². The summed E-state index contributed by atoms with van der Waals surface area (Å²) in [5.74, 6) is 0. The van der Waals surface area contributed by atoms with Crippen LogP contribution in [0.5, 0.6) is 0 Å². The van der Waals surface area contributed by atoms with Crippen LogP contribution in [0.25, 0.3) is 0 Å². The van der Waals surface area contributed by atoms with Gasteiger partial charge in [-0.15, -0.1) is 0 Å². The van der Waals surface area contributed by atoms with Crippen molar-refractivity contribution in [2.75, 3.05) is 13.3 Å². The summed E-state index contributed by atoms with van der Waals surface area (Å²) in [5.41, 5.74) is 0. The molecule has 152 valence electrons. The minimum atomic E-state index is -3.76. The number of rotatable bonds is 20. The first-order valence-corrected chi connectivity index (χ1v) is 12.7. The molecule has 0 aromatic carbocycles. The molecule has 1 unspecified atom stereocenters. The molecular formula is C21H44FO2P. The lowest BCUT2D eigenvalue weighted by molar-refractivity contribution is 0.354. The van der Waals surface area contributed by atoms with Gasteiger partial charge in [0.2, 0.25) is 0 Å². The summed E-state index contributed by atoms with van der Waals surface area (Å²) in [5, 5.41) is 0. The lowest BCUT2D eigenvalue weighted by Gasteiger charge is -2.06. The molecule has 0 spiro atoms. The fourth-order valence-corrected chi connectivity index (χ4v) is 4.08. The molecule has 0 bridgehead atoms. The van der Waals surface area contributed by atoms with E-state index in [2.05, 4.69) is 11.4 Å². The van der Waals surface area contributed by atoms with Crippen molar-refractivity contribution in [3.8, 4) is 0 Å². The average Bonchev–Trinajstić information content (AvgIpc) is 2.60. The molecule has 4 heteroatoms. The third kappa shape index (κ3) is 20.3. The third-order valence-electron chi connectivity index (χ3n) is 5.05. The number of unbranched alkanes of at least 4 members (excludes halogenated alkanes) is 17. The largest absolute Gasteiger partial charge is 0.367 e. The van der Waals surface area contributed by atoms with E-state index in [-0.39, 0.29) is 6.16 Å². The SMILES string of the molecule is CCCCCCCCCCCCCCCCCCCCP(=O)(F)OC. The van der Waals surface area contributed by atoms with Crippen molar-refractivity contribution in [2.45, 2.75) is 122 Å². The smallest absolute Gasteiger partial charge is 0.309 e. The zero-order valence-electron chi connectivity index (χ0n) is 17.1. The lowest BCUT2D eigenvalue weighted by Crippen LogP contribution is -1.88. The zero-order valence-corrected chi connectivity index (χ0v) is 18.0. The Morgan fingerprint density at radius 3 is 1.16 bits per heavy atom. The van der Waals surface area contributed by atoms with Crippen molar-refractivity contribution in [1.82, 2.24) is 0 Å². The molecule has 0 aromatic heterocycles. The van der Waals surface area contributed by atoms with E-state index in [4.69, 9.17) is 0 Å². The van der Waals surface area contributed by atoms with Gasteiger partial charge in [-0.2, -0.15) is 4.20 Å². The van der Waals surface area contributed by atoms with Crippen molar-refractivity contribution in [3.63, 3.8) is 0 Å². The third-order valence-corrected chi connectivity index (χ3v) is 6.45. The number of hydrogen-bond donors (Lipinski definition) is 0. The van der Waals surface area contributed by atoms with Gasteiger partial charge in [0.1, 0.15) is 0 Å². The monoisotopic (exact) mass is 378 g/mol. The minimum Gasteiger partial charge on any atom is -0.309 e. The maximum Gasteiger partial charge on any atom is 0.367 e. The van der Waals surface area contributed by atoms with Gasteiger partial charge in [-0.1, -0.05) is 116 Å². The molecule has 0 fully saturated rings. The highest BCUT2D eigenvalue weighted by Gasteiger charge is 2.18. The fraction of sp³-hybridized carbons (Fsp3) is 1.00. The highest BCUT2D eigenvalue weighted by atomic mass is 31.2. The molecule has 25 heavy (non-hydrogen) atoms. The van der Waals surface area contributed by atoms with Crippen LogP contribution in [-0.4, -0.2) is 13.3 Å². The van der Waals surface area contributed by atoms with Crippen LogP contribution in [0.2, 0.25) is 0 Å². The first-order valence-electron chi connectivity index (χ1n) is 11.0. The van der Waals surface area contributed by atoms with Crippen LogP contribution in [0.15, 0.2) is 0 Å². The van der Waals surface area contributed by atoms with E-state index in [1.807, 2.05) is 0 Å². The fourth-order valence-electron chi connectivity index (χ4n) is 3.29. The van der Waals surface area contributed by atoms with Gasteiger partial charge in [-0.3, -0.25) is 4.57 Å². The molecule has 0 radical (unpaired) electrons. The predicted octanol–water partition coefficient (Wildman–Crippen LogP) is 8.84. The van der Waals surface area contributed by atoms with Crippen molar-refractivity contribution < 1.29 is 13.3 Å². The Kier molecular flexibility index (Phi) is 19.0. The highest BCUT2D eigenvalue weighted by Crippen LogP contribution is 2.48. The molecular weight excluding hydrogens is 334 g/mol. The summed E-state index contributed by atoms with van der Waals surface area (Å²) in [6, 6.07) is 0. The first-order chi connectivity index (χ1) is 12.1. The summed E-state index contributed by atoms with van der Waals surface area (Å²) >= 11 is 0. The van der Waals surface area contributed by atoms with E-state index in [9.17, 15) is 8.76 Å². The zero-order chi connectivity index (χ0) is 18.6. The van der Waals surface area contributed by atoms with Crippen molar-refractivity contribution in [1.29, 1.82) is 0 Å². The highest BCUT2D eigenvalue weighted by molar-refractivity contribution is 7.53. The molecule has 0 N–H and O–H groups in total. The standard InChI is InChI=1S/C21H44FO2P/c1-3-4-5-6-7-8-9-10-11-12-13-14-15-16-17-18-19-20-21-25(22,23)24-2/h3-21H2,1-2H3. The molecule has 0 amide bonds. The van der Waals surface area contributed by atoms with Gasteiger partial charge in [-0.05, 0) is 6.42 Å². The Hall–Kier alpha value is 0.120. The topological polar surface area (TPSA) is 26.3 Å². The molecule has 0 aliphatic carbocycles. The predicted molar refractivity (Wildman–Crippen MR) is 109 cm³/mol. The molecule has 0 saturated carbocycles. The molecule has 0 aliphatic rings. The molecule has 0 aromatic rings. The van der Waals surface area contributed by atoms with Crippen LogP contribution in [0.3, 0.4) is 0 Å². The van der Waals surface area contributed by atoms with Crippen molar-refractivity contribution in [3.05, 3.63) is 0 Å². The number of hydrogen-bond acceptors (Lipinski definition) is 2. The molecule has 2 nitrogen and oxygen atoms in total. The number of halogens is 1. The average molecular weight is 379 g/mol. The Morgan fingerprint density at radius 2 is 0.880 bits per heavy atom. The summed E-state index contributed by atoms with van der Waals surface area (Å²) in [7, 11) is -2.57. The molecule has 0 aliphatic heterocycles. The van der Waals surface area contributed by atoms with Crippen LogP contribution >= 0.6 is 7.68 Å². The van der Waals surface area contributed by atoms with E-state index < -0.39 is 7.68 Å². The van der Waals surface area contributed by atoms with Crippen LogP contribution in [0.4, 0.5) is 4.20 Å².